The minimum absolute atomic E-state index is 0.0219. The Morgan fingerprint density at radius 1 is 0.472 bits per heavy atom. The van der Waals surface area contributed by atoms with E-state index in [2.05, 4.69) is 0 Å². The summed E-state index contributed by atoms with van der Waals surface area (Å²) in [6.07, 6.45) is 0. The first-order valence-electron chi connectivity index (χ1n) is 10.3. The zero-order chi connectivity index (χ0) is 25.9. The lowest BCUT2D eigenvalue weighted by molar-refractivity contribution is 0.407. The van der Waals surface area contributed by atoms with E-state index < -0.39 is 79.6 Å². The van der Waals surface area contributed by atoms with Gasteiger partial charge in [-0.05, 0) is 22.9 Å². The van der Waals surface area contributed by atoms with Crippen LogP contribution in [-0.2, 0) is 0 Å². The highest BCUT2D eigenvalue weighted by Gasteiger charge is 2.30. The predicted octanol–water partition coefficient (Wildman–Crippen LogP) is 8.45. The highest BCUT2D eigenvalue weighted by atomic mass is 19.2. The normalized spacial score (nSPS) is 11.5. The quantitative estimate of drug-likeness (QED) is 0.136. The van der Waals surface area contributed by atoms with Gasteiger partial charge in [-0.3, -0.25) is 0 Å². The van der Waals surface area contributed by atoms with E-state index in [1.807, 2.05) is 0 Å². The van der Waals surface area contributed by atoms with Crippen molar-refractivity contribution in [3.05, 3.63) is 101 Å². The Balaban J connectivity index is 2.11. The van der Waals surface area contributed by atoms with E-state index in [4.69, 9.17) is 4.74 Å². The first-order valence-corrected chi connectivity index (χ1v) is 10.3. The SMILES string of the molecule is COc1cc(F)c(-c2c3ccccc3c(-c3c(F)c(F)cc(F)c3F)c3c(F)ccc(F)c23)c(F)c1. The molecule has 1 nitrogen and oxygen atoms in total. The van der Waals surface area contributed by atoms with Crippen molar-refractivity contribution >= 4 is 21.5 Å². The van der Waals surface area contributed by atoms with Gasteiger partial charge in [-0.2, -0.15) is 0 Å². The molecule has 36 heavy (non-hydrogen) atoms. The molecule has 0 fully saturated rings. The molecule has 0 N–H and O–H groups in total. The number of ether oxygens (including phenoxy) is 1. The maximum absolute atomic E-state index is 15.3. The third-order valence-electron chi connectivity index (χ3n) is 5.93. The molecular weight excluding hydrogens is 492 g/mol. The summed E-state index contributed by atoms with van der Waals surface area (Å²) in [5.41, 5.74) is -3.24. The standard InChI is InChI=1S/C27H12F8O/c1-36-11-8-16(30)22(17(31)9-11)20-12-4-2-3-5-13(12)21(24-15(29)7-6-14(28)23(20)24)25-26(34)18(32)10-19(33)27(25)35/h2-10H,1H3. The number of halogens is 8. The number of hydrogen-bond acceptors (Lipinski definition) is 1. The summed E-state index contributed by atoms with van der Waals surface area (Å²) in [5, 5.41) is -1.95. The molecule has 0 atom stereocenters. The average molecular weight is 504 g/mol. The number of fused-ring (bicyclic) bond motifs is 2. The monoisotopic (exact) mass is 504 g/mol. The summed E-state index contributed by atoms with van der Waals surface area (Å²) in [6.45, 7) is 0. The largest absolute Gasteiger partial charge is 0.497 e. The van der Waals surface area contributed by atoms with Crippen molar-refractivity contribution in [2.75, 3.05) is 7.11 Å². The topological polar surface area (TPSA) is 9.23 Å². The van der Waals surface area contributed by atoms with Crippen molar-refractivity contribution in [1.82, 2.24) is 0 Å². The molecule has 0 aliphatic rings. The fraction of sp³-hybridized carbons (Fsp3) is 0.0370. The van der Waals surface area contributed by atoms with Crippen LogP contribution in [0.3, 0.4) is 0 Å². The van der Waals surface area contributed by atoms with Gasteiger partial charge in [0.15, 0.2) is 23.3 Å². The Hall–Kier alpha value is -4.14. The zero-order valence-corrected chi connectivity index (χ0v) is 18.1. The van der Waals surface area contributed by atoms with Crippen molar-refractivity contribution in [2.45, 2.75) is 0 Å². The number of benzene rings is 5. The highest BCUT2D eigenvalue weighted by Crippen LogP contribution is 2.48. The lowest BCUT2D eigenvalue weighted by Crippen LogP contribution is -2.03. The Kier molecular flexibility index (Phi) is 5.58. The van der Waals surface area contributed by atoms with E-state index in [9.17, 15) is 17.6 Å². The molecule has 9 heteroatoms. The molecule has 0 bridgehead atoms. The van der Waals surface area contributed by atoms with Gasteiger partial charge >= 0.3 is 0 Å². The van der Waals surface area contributed by atoms with Gasteiger partial charge in [-0.15, -0.1) is 0 Å². The van der Waals surface area contributed by atoms with E-state index in [1.54, 1.807) is 0 Å². The molecule has 5 aromatic carbocycles. The van der Waals surface area contributed by atoms with Crippen molar-refractivity contribution in [3.63, 3.8) is 0 Å². The smallest absolute Gasteiger partial charge is 0.169 e. The third kappa shape index (κ3) is 3.37. The van der Waals surface area contributed by atoms with Crippen LogP contribution in [0.4, 0.5) is 35.1 Å². The van der Waals surface area contributed by atoms with Crippen LogP contribution in [0.15, 0.2) is 54.6 Å². The molecular formula is C27H12F8O. The van der Waals surface area contributed by atoms with Crippen LogP contribution in [-0.4, -0.2) is 7.11 Å². The number of hydrogen-bond donors (Lipinski definition) is 0. The first kappa shape index (κ1) is 23.6. The molecule has 0 aliphatic carbocycles. The van der Waals surface area contributed by atoms with Crippen molar-refractivity contribution < 1.29 is 39.9 Å². The molecule has 0 unspecified atom stereocenters. The maximum Gasteiger partial charge on any atom is 0.169 e. The Morgan fingerprint density at radius 2 is 0.917 bits per heavy atom. The summed E-state index contributed by atoms with van der Waals surface area (Å²) < 4.78 is 124. The van der Waals surface area contributed by atoms with E-state index in [1.165, 1.54) is 31.4 Å². The molecule has 0 saturated heterocycles. The second kappa shape index (κ2) is 8.51. The summed E-state index contributed by atoms with van der Waals surface area (Å²) in [4.78, 5) is 0. The van der Waals surface area contributed by atoms with E-state index in [0.29, 0.717) is 12.1 Å². The van der Waals surface area contributed by atoms with Crippen molar-refractivity contribution in [2.24, 2.45) is 0 Å². The lowest BCUT2D eigenvalue weighted by atomic mass is 9.84. The minimum Gasteiger partial charge on any atom is -0.497 e. The molecule has 0 spiro atoms. The van der Waals surface area contributed by atoms with Crippen molar-refractivity contribution in [3.8, 4) is 28.0 Å². The molecule has 0 saturated carbocycles. The fourth-order valence-electron chi connectivity index (χ4n) is 4.45. The summed E-state index contributed by atoms with van der Waals surface area (Å²) in [5.74, 6) is -12.2. The van der Waals surface area contributed by atoms with E-state index >= 15 is 17.6 Å². The fourth-order valence-corrected chi connectivity index (χ4v) is 4.45. The second-order valence-electron chi connectivity index (χ2n) is 7.88. The predicted molar refractivity (Wildman–Crippen MR) is 119 cm³/mol. The van der Waals surface area contributed by atoms with Gasteiger partial charge in [-0.25, -0.2) is 35.1 Å². The minimum atomic E-state index is -1.85. The highest BCUT2D eigenvalue weighted by molar-refractivity contribution is 6.21. The van der Waals surface area contributed by atoms with Gasteiger partial charge in [-0.1, -0.05) is 24.3 Å². The average Bonchev–Trinajstić information content (AvgIpc) is 2.85. The molecule has 0 radical (unpaired) electrons. The third-order valence-corrected chi connectivity index (χ3v) is 5.93. The molecule has 5 aromatic rings. The van der Waals surface area contributed by atoms with Gasteiger partial charge in [0.2, 0.25) is 0 Å². The number of rotatable bonds is 3. The molecule has 0 heterocycles. The van der Waals surface area contributed by atoms with Crippen LogP contribution in [0, 0.1) is 46.5 Å². The van der Waals surface area contributed by atoms with Crippen LogP contribution in [0.1, 0.15) is 0 Å². The van der Waals surface area contributed by atoms with Crippen LogP contribution < -0.4 is 4.74 Å². The lowest BCUT2D eigenvalue weighted by Gasteiger charge is -2.20. The summed E-state index contributed by atoms with van der Waals surface area (Å²) in [6, 6.07) is 8.12. The van der Waals surface area contributed by atoms with Gasteiger partial charge in [0, 0.05) is 40.1 Å². The van der Waals surface area contributed by atoms with Crippen molar-refractivity contribution in [1.29, 1.82) is 0 Å². The first-order chi connectivity index (χ1) is 17.1. The van der Waals surface area contributed by atoms with Gasteiger partial charge in [0.25, 0.3) is 0 Å². The van der Waals surface area contributed by atoms with E-state index in [-0.39, 0.29) is 22.6 Å². The summed E-state index contributed by atoms with van der Waals surface area (Å²) in [7, 11) is 1.17. The van der Waals surface area contributed by atoms with Crippen LogP contribution in [0.2, 0.25) is 0 Å². The molecule has 0 aromatic heterocycles. The van der Waals surface area contributed by atoms with E-state index in [0.717, 1.165) is 12.1 Å². The van der Waals surface area contributed by atoms with Crippen LogP contribution in [0.5, 0.6) is 5.75 Å². The molecule has 182 valence electrons. The Bertz CT molecular complexity index is 1660. The van der Waals surface area contributed by atoms with Gasteiger partial charge < -0.3 is 4.74 Å². The molecule has 0 amide bonds. The molecule has 5 rings (SSSR count). The zero-order valence-electron chi connectivity index (χ0n) is 18.1. The van der Waals surface area contributed by atoms with Crippen LogP contribution in [0.25, 0.3) is 43.8 Å². The maximum atomic E-state index is 15.3. The second-order valence-corrected chi connectivity index (χ2v) is 7.88. The Morgan fingerprint density at radius 3 is 1.36 bits per heavy atom. The van der Waals surface area contributed by atoms with Gasteiger partial charge in [0.1, 0.15) is 29.0 Å². The van der Waals surface area contributed by atoms with Gasteiger partial charge in [0.05, 0.1) is 18.2 Å². The Labute approximate surface area is 198 Å². The molecule has 0 aliphatic heterocycles. The van der Waals surface area contributed by atoms with Crippen LogP contribution >= 0.6 is 0 Å². The number of methoxy groups -OCH3 is 1. The summed E-state index contributed by atoms with van der Waals surface area (Å²) >= 11 is 0.